The SMILES string of the molecule is COc1nc2coc(C(=O)C(=O)Nc3nccs3)c2nc1C(=O)N1CCC(Cc2ccccc2)C1. The van der Waals surface area contributed by atoms with Crippen LogP contribution in [0.2, 0.25) is 0 Å². The summed E-state index contributed by atoms with van der Waals surface area (Å²) in [5, 5.41) is 4.36. The molecule has 1 atom stereocenters. The molecule has 0 spiro atoms. The number of hydrogen-bond acceptors (Lipinski definition) is 9. The van der Waals surface area contributed by atoms with Crippen molar-refractivity contribution in [3.63, 3.8) is 0 Å². The van der Waals surface area contributed by atoms with Gasteiger partial charge in [-0.2, -0.15) is 0 Å². The van der Waals surface area contributed by atoms with Gasteiger partial charge in [0.25, 0.3) is 11.7 Å². The van der Waals surface area contributed by atoms with Crippen LogP contribution in [0.4, 0.5) is 5.13 Å². The van der Waals surface area contributed by atoms with Crippen molar-refractivity contribution in [2.75, 3.05) is 25.5 Å². The summed E-state index contributed by atoms with van der Waals surface area (Å²) in [6, 6.07) is 10.1. The third kappa shape index (κ3) is 4.62. The van der Waals surface area contributed by atoms with E-state index in [1.165, 1.54) is 36.5 Å². The summed E-state index contributed by atoms with van der Waals surface area (Å²) >= 11 is 1.17. The molecule has 0 saturated carbocycles. The van der Waals surface area contributed by atoms with Crippen LogP contribution >= 0.6 is 11.3 Å². The van der Waals surface area contributed by atoms with E-state index in [-0.39, 0.29) is 39.4 Å². The van der Waals surface area contributed by atoms with E-state index in [2.05, 4.69) is 32.4 Å². The number of aromatic nitrogens is 3. The Balaban J connectivity index is 1.38. The van der Waals surface area contributed by atoms with Gasteiger partial charge in [-0.05, 0) is 24.3 Å². The molecule has 35 heavy (non-hydrogen) atoms. The number of anilines is 1. The summed E-state index contributed by atoms with van der Waals surface area (Å²) in [6.45, 7) is 1.15. The minimum Gasteiger partial charge on any atom is -0.479 e. The number of Topliss-reactive ketones (excluding diaryl/α,β-unsaturated/α-hetero) is 1. The van der Waals surface area contributed by atoms with Crippen molar-refractivity contribution in [3.05, 3.63) is 65.2 Å². The Morgan fingerprint density at radius 3 is 2.80 bits per heavy atom. The molecule has 1 aliphatic heterocycles. The lowest BCUT2D eigenvalue weighted by atomic mass is 9.99. The van der Waals surface area contributed by atoms with Gasteiger partial charge in [0, 0.05) is 24.7 Å². The maximum absolute atomic E-state index is 13.4. The normalized spacial score (nSPS) is 15.3. The Bertz CT molecular complexity index is 1390. The van der Waals surface area contributed by atoms with Gasteiger partial charge in [-0.25, -0.2) is 15.0 Å². The zero-order valence-corrected chi connectivity index (χ0v) is 19.6. The number of thiazole rings is 1. The Labute approximate surface area is 204 Å². The van der Waals surface area contributed by atoms with Gasteiger partial charge >= 0.3 is 5.91 Å². The lowest BCUT2D eigenvalue weighted by Crippen LogP contribution is -2.30. The van der Waals surface area contributed by atoms with Crippen LogP contribution in [0.1, 0.15) is 33.0 Å². The highest BCUT2D eigenvalue weighted by atomic mass is 32.1. The number of benzene rings is 1. The molecule has 1 fully saturated rings. The van der Waals surface area contributed by atoms with Crippen LogP contribution in [0.5, 0.6) is 5.88 Å². The lowest BCUT2D eigenvalue weighted by Gasteiger charge is -2.17. The molecular formula is C24H21N5O5S. The van der Waals surface area contributed by atoms with Gasteiger partial charge in [-0.15, -0.1) is 11.3 Å². The van der Waals surface area contributed by atoms with Crippen LogP contribution in [0.15, 0.2) is 52.6 Å². The monoisotopic (exact) mass is 491 g/mol. The summed E-state index contributed by atoms with van der Waals surface area (Å²) in [7, 11) is 1.39. The number of fused-ring (bicyclic) bond motifs is 1. The minimum absolute atomic E-state index is 0.0217. The molecule has 178 valence electrons. The number of nitrogens with zero attached hydrogens (tertiary/aromatic N) is 4. The third-order valence-corrected chi connectivity index (χ3v) is 6.48. The molecule has 0 bridgehead atoms. The summed E-state index contributed by atoms with van der Waals surface area (Å²) in [5.41, 5.74) is 1.42. The molecule has 1 N–H and O–H groups in total. The first-order chi connectivity index (χ1) is 17.0. The van der Waals surface area contributed by atoms with Crippen LogP contribution in [-0.2, 0) is 11.2 Å². The second-order valence-corrected chi connectivity index (χ2v) is 8.99. The second kappa shape index (κ2) is 9.63. The Hall–Kier alpha value is -4.12. The van der Waals surface area contributed by atoms with Crippen LogP contribution in [0, 0.1) is 5.92 Å². The van der Waals surface area contributed by atoms with Crippen molar-refractivity contribution in [1.29, 1.82) is 0 Å². The second-order valence-electron chi connectivity index (χ2n) is 8.10. The minimum atomic E-state index is -0.947. The predicted octanol–water partition coefficient (Wildman–Crippen LogP) is 3.21. The number of carbonyl (C=O) groups excluding carboxylic acids is 3. The van der Waals surface area contributed by atoms with Gasteiger partial charge in [0.2, 0.25) is 11.6 Å². The quantitative estimate of drug-likeness (QED) is 0.308. The van der Waals surface area contributed by atoms with Crippen LogP contribution in [0.25, 0.3) is 11.0 Å². The van der Waals surface area contributed by atoms with Crippen LogP contribution in [0.3, 0.4) is 0 Å². The summed E-state index contributed by atoms with van der Waals surface area (Å²) in [6.07, 6.45) is 4.45. The fourth-order valence-electron chi connectivity index (χ4n) is 4.12. The number of nitrogens with one attached hydrogen (secondary N) is 1. The number of ether oxygens (including phenoxy) is 1. The largest absolute Gasteiger partial charge is 0.479 e. The van der Waals surface area contributed by atoms with Crippen molar-refractivity contribution < 1.29 is 23.5 Å². The van der Waals surface area contributed by atoms with Gasteiger partial charge in [0.15, 0.2) is 10.8 Å². The number of likely N-dealkylation sites (tertiary alicyclic amines) is 1. The molecule has 2 amide bonds. The van der Waals surface area contributed by atoms with Gasteiger partial charge in [-0.3, -0.25) is 19.7 Å². The molecule has 1 aromatic carbocycles. The average Bonchev–Trinajstić information content (AvgIpc) is 3.64. The number of carbonyl (C=O) groups is 3. The van der Waals surface area contributed by atoms with E-state index in [1.54, 1.807) is 10.3 Å². The Morgan fingerprint density at radius 1 is 1.23 bits per heavy atom. The predicted molar refractivity (Wildman–Crippen MR) is 128 cm³/mol. The Kier molecular flexibility index (Phi) is 6.23. The van der Waals surface area contributed by atoms with E-state index in [9.17, 15) is 14.4 Å². The van der Waals surface area contributed by atoms with Crippen molar-refractivity contribution in [3.8, 4) is 5.88 Å². The highest BCUT2D eigenvalue weighted by Crippen LogP contribution is 2.28. The van der Waals surface area contributed by atoms with Crippen LogP contribution in [-0.4, -0.2) is 57.6 Å². The molecule has 0 radical (unpaired) electrons. The summed E-state index contributed by atoms with van der Waals surface area (Å²) in [5.74, 6) is -2.17. The standard InChI is InChI=1S/C24H21N5O5S/c1-33-22-18(23(32)29-9-7-15(12-29)11-14-5-3-2-4-6-14)27-17-16(26-22)13-34-20(17)19(30)21(31)28-24-25-8-10-35-24/h2-6,8,10,13,15H,7,9,11-12H2,1H3,(H,25,28,31). The first-order valence-corrected chi connectivity index (χ1v) is 11.8. The third-order valence-electron chi connectivity index (χ3n) is 5.80. The molecule has 11 heteroatoms. The molecule has 0 aliphatic carbocycles. The molecule has 1 saturated heterocycles. The highest BCUT2D eigenvalue weighted by molar-refractivity contribution is 7.13. The summed E-state index contributed by atoms with van der Waals surface area (Å²) < 4.78 is 10.6. The zero-order chi connectivity index (χ0) is 24.4. The van der Waals surface area contributed by atoms with E-state index >= 15 is 0 Å². The van der Waals surface area contributed by atoms with Gasteiger partial charge < -0.3 is 14.1 Å². The van der Waals surface area contributed by atoms with Gasteiger partial charge in [-0.1, -0.05) is 30.3 Å². The Morgan fingerprint density at radius 2 is 2.06 bits per heavy atom. The molecular weight excluding hydrogens is 470 g/mol. The fourth-order valence-corrected chi connectivity index (χ4v) is 4.64. The lowest BCUT2D eigenvalue weighted by molar-refractivity contribution is -0.112. The smallest absolute Gasteiger partial charge is 0.302 e. The molecule has 1 aliphatic rings. The number of amides is 2. The van der Waals surface area contributed by atoms with E-state index in [4.69, 9.17) is 9.15 Å². The zero-order valence-electron chi connectivity index (χ0n) is 18.8. The molecule has 4 heterocycles. The van der Waals surface area contributed by atoms with E-state index in [0.29, 0.717) is 19.0 Å². The summed E-state index contributed by atoms with van der Waals surface area (Å²) in [4.78, 5) is 52.8. The van der Waals surface area contributed by atoms with E-state index in [1.807, 2.05) is 18.2 Å². The molecule has 5 rings (SSSR count). The molecule has 1 unspecified atom stereocenters. The number of methoxy groups -OCH3 is 1. The topological polar surface area (TPSA) is 128 Å². The van der Waals surface area contributed by atoms with Gasteiger partial charge in [0.05, 0.1) is 7.11 Å². The molecule has 4 aromatic rings. The van der Waals surface area contributed by atoms with Crippen molar-refractivity contribution in [2.45, 2.75) is 12.8 Å². The molecule has 3 aromatic heterocycles. The highest BCUT2D eigenvalue weighted by Gasteiger charge is 2.32. The number of ketones is 1. The van der Waals surface area contributed by atoms with Crippen molar-refractivity contribution in [2.24, 2.45) is 5.92 Å². The first-order valence-electron chi connectivity index (χ1n) is 10.9. The maximum atomic E-state index is 13.4. The number of furan rings is 1. The van der Waals surface area contributed by atoms with Crippen molar-refractivity contribution >= 4 is 45.1 Å². The van der Waals surface area contributed by atoms with E-state index in [0.717, 1.165) is 12.8 Å². The van der Waals surface area contributed by atoms with Gasteiger partial charge in [0.1, 0.15) is 17.3 Å². The van der Waals surface area contributed by atoms with Crippen LogP contribution < -0.4 is 10.1 Å². The van der Waals surface area contributed by atoms with Crippen molar-refractivity contribution in [1.82, 2.24) is 19.9 Å². The fraction of sp³-hybridized carbons (Fsp3) is 0.250. The number of rotatable bonds is 7. The van der Waals surface area contributed by atoms with E-state index < -0.39 is 11.7 Å². The first kappa shape index (κ1) is 22.7. The maximum Gasteiger partial charge on any atom is 0.302 e. The number of hydrogen-bond donors (Lipinski definition) is 1. The average molecular weight is 492 g/mol. The molecule has 10 nitrogen and oxygen atoms in total.